The van der Waals surface area contributed by atoms with E-state index < -0.39 is 5.72 Å². The fourth-order valence-corrected chi connectivity index (χ4v) is 5.52. The van der Waals surface area contributed by atoms with Crippen molar-refractivity contribution >= 4 is 16.7 Å². The molecule has 0 unspecified atom stereocenters. The summed E-state index contributed by atoms with van der Waals surface area (Å²) < 4.78 is 12.1. The number of rotatable bonds is 4. The number of nitrogens with zero attached hydrogens (tertiary/aromatic N) is 2. The first-order valence-electron chi connectivity index (χ1n) is 10.3. The van der Waals surface area contributed by atoms with Crippen molar-refractivity contribution in [1.82, 2.24) is 9.80 Å². The molecule has 28 heavy (non-hydrogen) atoms. The fourth-order valence-electron chi connectivity index (χ4n) is 5.52. The average molecular weight is 380 g/mol. The van der Waals surface area contributed by atoms with Crippen LogP contribution in [-0.2, 0) is 16.1 Å². The smallest absolute Gasteiger partial charge is 0.226 e. The number of fused-ring (bicyclic) bond motifs is 1. The summed E-state index contributed by atoms with van der Waals surface area (Å²) in [5.74, 6) is 1.57. The molecular formula is C23H28N2O3. The van der Waals surface area contributed by atoms with Gasteiger partial charge in [0.1, 0.15) is 5.75 Å². The maximum absolute atomic E-state index is 12.9. The first-order valence-corrected chi connectivity index (χ1v) is 10.3. The van der Waals surface area contributed by atoms with Crippen molar-refractivity contribution in [3.05, 3.63) is 42.0 Å². The van der Waals surface area contributed by atoms with Gasteiger partial charge in [-0.25, -0.2) is 0 Å². The molecule has 3 atom stereocenters. The number of benzene rings is 2. The molecule has 148 valence electrons. The third-order valence-electron chi connectivity index (χ3n) is 6.95. The van der Waals surface area contributed by atoms with E-state index in [1.165, 1.54) is 16.3 Å². The lowest BCUT2D eigenvalue weighted by Gasteiger charge is -2.34. The Balaban J connectivity index is 1.49. The van der Waals surface area contributed by atoms with Crippen LogP contribution in [-0.4, -0.2) is 53.8 Å². The van der Waals surface area contributed by atoms with Crippen LogP contribution in [0, 0.1) is 5.92 Å². The summed E-state index contributed by atoms with van der Waals surface area (Å²) in [6.07, 6.45) is 1.44. The molecule has 0 N–H and O–H groups in total. The summed E-state index contributed by atoms with van der Waals surface area (Å²) in [6.45, 7) is 6.73. The molecular weight excluding hydrogens is 352 g/mol. The van der Waals surface area contributed by atoms with Crippen LogP contribution in [0.5, 0.6) is 5.75 Å². The van der Waals surface area contributed by atoms with Crippen molar-refractivity contribution in [2.75, 3.05) is 20.3 Å². The van der Waals surface area contributed by atoms with E-state index in [2.05, 4.69) is 60.0 Å². The van der Waals surface area contributed by atoms with Crippen molar-refractivity contribution in [2.24, 2.45) is 5.92 Å². The maximum atomic E-state index is 12.9. The summed E-state index contributed by atoms with van der Waals surface area (Å²) in [5, 5.41) is 2.43. The summed E-state index contributed by atoms with van der Waals surface area (Å²) in [5.41, 5.74) is 0.770. The van der Waals surface area contributed by atoms with Crippen LogP contribution in [0.3, 0.4) is 0 Å². The van der Waals surface area contributed by atoms with Crippen LogP contribution in [0.15, 0.2) is 36.4 Å². The lowest BCUT2D eigenvalue weighted by Crippen LogP contribution is -2.50. The summed E-state index contributed by atoms with van der Waals surface area (Å²) in [6, 6.07) is 12.9. The van der Waals surface area contributed by atoms with Gasteiger partial charge in [-0.3, -0.25) is 9.69 Å². The van der Waals surface area contributed by atoms with Gasteiger partial charge in [-0.05, 0) is 22.8 Å². The molecule has 0 aliphatic carbocycles. The van der Waals surface area contributed by atoms with E-state index in [4.69, 9.17) is 9.47 Å². The van der Waals surface area contributed by atoms with Crippen LogP contribution in [0.2, 0.25) is 0 Å². The molecule has 5 heteroatoms. The highest BCUT2D eigenvalue weighted by Crippen LogP contribution is 2.49. The van der Waals surface area contributed by atoms with Crippen LogP contribution < -0.4 is 4.74 Å². The van der Waals surface area contributed by atoms with Gasteiger partial charge in [0, 0.05) is 31.5 Å². The quantitative estimate of drug-likeness (QED) is 0.815. The van der Waals surface area contributed by atoms with Gasteiger partial charge < -0.3 is 14.4 Å². The maximum Gasteiger partial charge on any atom is 0.226 e. The first-order chi connectivity index (χ1) is 13.5. The standard InChI is InChI=1S/C23H28N2O3/c1-15(2)19-14-28-23-10-11-24(21(23)12-22(26)25(19)23)13-18-17-7-5-4-6-16(17)8-9-20(18)27-3/h4-9,15,19,21H,10-14H2,1-3H3/t19-,21+,23-/m0/s1. The Hall–Kier alpha value is -2.11. The molecule has 3 heterocycles. The summed E-state index contributed by atoms with van der Waals surface area (Å²) in [4.78, 5) is 17.4. The Bertz CT molecular complexity index is 927. The zero-order valence-electron chi connectivity index (χ0n) is 16.9. The lowest BCUT2D eigenvalue weighted by atomic mass is 10.0. The molecule has 0 aromatic heterocycles. The number of ether oxygens (including phenoxy) is 2. The topological polar surface area (TPSA) is 42.0 Å². The molecule has 0 bridgehead atoms. The third-order valence-corrected chi connectivity index (χ3v) is 6.95. The normalized spacial score (nSPS) is 29.7. The number of likely N-dealkylation sites (tertiary alicyclic amines) is 1. The minimum atomic E-state index is -0.427. The van der Waals surface area contributed by atoms with Crippen LogP contribution in [0.4, 0.5) is 0 Å². The number of amides is 1. The minimum Gasteiger partial charge on any atom is -0.496 e. The molecule has 2 aromatic rings. The Morgan fingerprint density at radius 2 is 2.07 bits per heavy atom. The molecule has 1 spiro atoms. The highest BCUT2D eigenvalue weighted by molar-refractivity contribution is 5.88. The number of hydrogen-bond acceptors (Lipinski definition) is 4. The van der Waals surface area contributed by atoms with Crippen molar-refractivity contribution in [3.63, 3.8) is 0 Å². The Morgan fingerprint density at radius 3 is 2.86 bits per heavy atom. The highest BCUT2D eigenvalue weighted by Gasteiger charge is 2.64. The van der Waals surface area contributed by atoms with Gasteiger partial charge in [0.25, 0.3) is 0 Å². The molecule has 3 saturated heterocycles. The van der Waals surface area contributed by atoms with Crippen LogP contribution in [0.25, 0.3) is 10.8 Å². The van der Waals surface area contributed by atoms with E-state index in [0.717, 1.165) is 25.3 Å². The second kappa shape index (κ2) is 6.46. The monoisotopic (exact) mass is 380 g/mol. The van der Waals surface area contributed by atoms with E-state index >= 15 is 0 Å². The lowest BCUT2D eigenvalue weighted by molar-refractivity contribution is -0.139. The minimum absolute atomic E-state index is 0.118. The van der Waals surface area contributed by atoms with E-state index in [0.29, 0.717) is 18.9 Å². The van der Waals surface area contributed by atoms with E-state index in [9.17, 15) is 4.79 Å². The molecule has 3 fully saturated rings. The molecule has 5 nitrogen and oxygen atoms in total. The number of hydrogen-bond donors (Lipinski definition) is 0. The summed E-state index contributed by atoms with van der Waals surface area (Å²) >= 11 is 0. The number of methoxy groups -OCH3 is 1. The predicted molar refractivity (Wildman–Crippen MR) is 108 cm³/mol. The molecule has 0 saturated carbocycles. The Labute approximate surface area is 166 Å². The predicted octanol–water partition coefficient (Wildman–Crippen LogP) is 3.41. The van der Waals surface area contributed by atoms with Crippen LogP contribution >= 0.6 is 0 Å². The molecule has 3 aliphatic rings. The fraction of sp³-hybridized carbons (Fsp3) is 0.522. The molecule has 5 rings (SSSR count). The van der Waals surface area contributed by atoms with Crippen molar-refractivity contribution in [3.8, 4) is 5.75 Å². The van der Waals surface area contributed by atoms with E-state index in [1.54, 1.807) is 7.11 Å². The third kappa shape index (κ3) is 2.42. The second-order valence-corrected chi connectivity index (χ2v) is 8.64. The van der Waals surface area contributed by atoms with Crippen molar-refractivity contribution in [2.45, 2.75) is 51.0 Å². The van der Waals surface area contributed by atoms with Crippen LogP contribution in [0.1, 0.15) is 32.3 Å². The SMILES string of the molecule is COc1ccc2ccccc2c1CN1CC[C@@]23OC[C@@H](C(C)C)N2C(=O)C[C@@H]13. The van der Waals surface area contributed by atoms with Gasteiger partial charge in [-0.2, -0.15) is 0 Å². The zero-order valence-corrected chi connectivity index (χ0v) is 16.9. The second-order valence-electron chi connectivity index (χ2n) is 8.64. The van der Waals surface area contributed by atoms with Gasteiger partial charge >= 0.3 is 0 Å². The number of carbonyl (C=O) groups is 1. The van der Waals surface area contributed by atoms with E-state index in [1.807, 2.05) is 0 Å². The van der Waals surface area contributed by atoms with Gasteiger partial charge in [0.05, 0.1) is 25.8 Å². The highest BCUT2D eigenvalue weighted by atomic mass is 16.5. The Morgan fingerprint density at radius 1 is 1.25 bits per heavy atom. The van der Waals surface area contributed by atoms with Crippen molar-refractivity contribution in [1.29, 1.82) is 0 Å². The molecule has 1 amide bonds. The average Bonchev–Trinajstić information content (AvgIpc) is 3.32. The van der Waals surface area contributed by atoms with Gasteiger partial charge in [-0.15, -0.1) is 0 Å². The first kappa shape index (κ1) is 18.0. The largest absolute Gasteiger partial charge is 0.496 e. The molecule has 0 radical (unpaired) electrons. The summed E-state index contributed by atoms with van der Waals surface area (Å²) in [7, 11) is 1.73. The van der Waals surface area contributed by atoms with Gasteiger partial charge in [0.2, 0.25) is 5.91 Å². The zero-order chi connectivity index (χ0) is 19.5. The van der Waals surface area contributed by atoms with Gasteiger partial charge in [0.15, 0.2) is 5.72 Å². The Kier molecular flexibility index (Phi) is 4.14. The van der Waals surface area contributed by atoms with E-state index in [-0.39, 0.29) is 18.0 Å². The molecule has 2 aromatic carbocycles. The van der Waals surface area contributed by atoms with Gasteiger partial charge in [-0.1, -0.05) is 44.2 Å². The molecule has 3 aliphatic heterocycles. The van der Waals surface area contributed by atoms with Crippen molar-refractivity contribution < 1.29 is 14.3 Å². The number of carbonyl (C=O) groups excluding carboxylic acids is 1.